The molecule has 1 amide bonds. The van der Waals surface area contributed by atoms with E-state index in [1.165, 1.54) is 5.56 Å². The summed E-state index contributed by atoms with van der Waals surface area (Å²) in [6, 6.07) is 15.5. The molecule has 108 valence electrons. The SMILES string of the molecule is O=C(NCCc1ccccc1)[C@H]1Cc2cc(Cl)ccc2O1. The summed E-state index contributed by atoms with van der Waals surface area (Å²) in [5, 5.41) is 3.59. The average molecular weight is 302 g/mol. The molecule has 0 spiro atoms. The summed E-state index contributed by atoms with van der Waals surface area (Å²) in [6.07, 6.45) is 0.944. The number of benzene rings is 2. The number of amides is 1. The number of halogens is 1. The lowest BCUT2D eigenvalue weighted by molar-refractivity contribution is -0.127. The van der Waals surface area contributed by atoms with Crippen molar-refractivity contribution in [3.8, 4) is 5.75 Å². The minimum absolute atomic E-state index is 0.0711. The molecule has 0 fully saturated rings. The Morgan fingerprint density at radius 1 is 1.24 bits per heavy atom. The van der Waals surface area contributed by atoms with Gasteiger partial charge in [-0.3, -0.25) is 4.79 Å². The molecule has 1 atom stereocenters. The maximum atomic E-state index is 12.1. The van der Waals surface area contributed by atoms with Gasteiger partial charge in [0.25, 0.3) is 5.91 Å². The van der Waals surface area contributed by atoms with Crippen molar-refractivity contribution in [2.75, 3.05) is 6.54 Å². The summed E-state index contributed by atoms with van der Waals surface area (Å²) >= 11 is 5.95. The van der Waals surface area contributed by atoms with E-state index in [4.69, 9.17) is 16.3 Å². The molecule has 0 bridgehead atoms. The molecule has 4 heteroatoms. The highest BCUT2D eigenvalue weighted by molar-refractivity contribution is 6.30. The van der Waals surface area contributed by atoms with E-state index < -0.39 is 6.10 Å². The Morgan fingerprint density at radius 2 is 2.05 bits per heavy atom. The molecular formula is C17H16ClNO2. The Labute approximate surface area is 128 Å². The maximum absolute atomic E-state index is 12.1. The van der Waals surface area contributed by atoms with Crippen molar-refractivity contribution in [2.24, 2.45) is 0 Å². The third kappa shape index (κ3) is 3.37. The molecule has 3 nitrogen and oxygen atoms in total. The molecule has 0 aliphatic carbocycles. The van der Waals surface area contributed by atoms with Crippen molar-refractivity contribution in [3.05, 3.63) is 64.7 Å². The highest BCUT2D eigenvalue weighted by atomic mass is 35.5. The second kappa shape index (κ2) is 6.19. The molecule has 0 radical (unpaired) electrons. The van der Waals surface area contributed by atoms with Gasteiger partial charge < -0.3 is 10.1 Å². The van der Waals surface area contributed by atoms with Gasteiger partial charge in [-0.15, -0.1) is 0 Å². The zero-order valence-corrected chi connectivity index (χ0v) is 12.3. The van der Waals surface area contributed by atoms with Crippen molar-refractivity contribution in [3.63, 3.8) is 0 Å². The molecule has 2 aromatic carbocycles. The quantitative estimate of drug-likeness (QED) is 0.943. The largest absolute Gasteiger partial charge is 0.480 e. The highest BCUT2D eigenvalue weighted by Crippen LogP contribution is 2.31. The third-order valence-corrected chi connectivity index (χ3v) is 3.78. The predicted octanol–water partition coefficient (Wildman–Crippen LogP) is 3.00. The van der Waals surface area contributed by atoms with Crippen molar-refractivity contribution >= 4 is 17.5 Å². The van der Waals surface area contributed by atoms with E-state index in [9.17, 15) is 4.79 Å². The Balaban J connectivity index is 1.51. The molecular weight excluding hydrogens is 286 g/mol. The first-order valence-electron chi connectivity index (χ1n) is 6.99. The minimum Gasteiger partial charge on any atom is -0.480 e. The third-order valence-electron chi connectivity index (χ3n) is 3.55. The van der Waals surface area contributed by atoms with Gasteiger partial charge in [-0.2, -0.15) is 0 Å². The van der Waals surface area contributed by atoms with Crippen molar-refractivity contribution in [2.45, 2.75) is 18.9 Å². The van der Waals surface area contributed by atoms with Gasteiger partial charge in [-0.05, 0) is 35.7 Å². The molecule has 0 saturated heterocycles. The van der Waals surface area contributed by atoms with Crippen LogP contribution in [0.15, 0.2) is 48.5 Å². The van der Waals surface area contributed by atoms with Crippen LogP contribution in [0.1, 0.15) is 11.1 Å². The van der Waals surface area contributed by atoms with Gasteiger partial charge in [0.1, 0.15) is 5.75 Å². The van der Waals surface area contributed by atoms with E-state index in [1.807, 2.05) is 30.3 Å². The number of nitrogens with one attached hydrogen (secondary N) is 1. The zero-order chi connectivity index (χ0) is 14.7. The Kier molecular flexibility index (Phi) is 4.11. The first-order valence-corrected chi connectivity index (χ1v) is 7.37. The Morgan fingerprint density at radius 3 is 2.86 bits per heavy atom. The van der Waals surface area contributed by atoms with E-state index >= 15 is 0 Å². The molecule has 0 saturated carbocycles. The van der Waals surface area contributed by atoms with Gasteiger partial charge in [0, 0.05) is 18.0 Å². The molecule has 21 heavy (non-hydrogen) atoms. The van der Waals surface area contributed by atoms with Gasteiger partial charge >= 0.3 is 0 Å². The molecule has 1 heterocycles. The predicted molar refractivity (Wildman–Crippen MR) is 82.7 cm³/mol. The van der Waals surface area contributed by atoms with Crippen molar-refractivity contribution < 1.29 is 9.53 Å². The second-order valence-corrected chi connectivity index (χ2v) is 5.53. The van der Waals surface area contributed by atoms with Crippen LogP contribution in [0.5, 0.6) is 5.75 Å². The maximum Gasteiger partial charge on any atom is 0.261 e. The first-order chi connectivity index (χ1) is 10.2. The normalized spacial score (nSPS) is 16.1. The van der Waals surface area contributed by atoms with E-state index in [1.54, 1.807) is 6.07 Å². The van der Waals surface area contributed by atoms with Crippen LogP contribution in [0, 0.1) is 0 Å². The number of hydrogen-bond donors (Lipinski definition) is 1. The van der Waals surface area contributed by atoms with Gasteiger partial charge in [0.15, 0.2) is 6.10 Å². The molecule has 1 aliphatic heterocycles. The lowest BCUT2D eigenvalue weighted by Crippen LogP contribution is -2.38. The smallest absolute Gasteiger partial charge is 0.261 e. The summed E-state index contributed by atoms with van der Waals surface area (Å²) < 4.78 is 5.66. The van der Waals surface area contributed by atoms with E-state index in [-0.39, 0.29) is 5.91 Å². The minimum atomic E-state index is -0.450. The number of rotatable bonds is 4. The van der Waals surface area contributed by atoms with Gasteiger partial charge in [0.05, 0.1) is 0 Å². The van der Waals surface area contributed by atoms with Crippen LogP contribution in [0.25, 0.3) is 0 Å². The fourth-order valence-corrected chi connectivity index (χ4v) is 2.65. The fourth-order valence-electron chi connectivity index (χ4n) is 2.45. The lowest BCUT2D eigenvalue weighted by Gasteiger charge is -2.11. The number of carbonyl (C=O) groups excluding carboxylic acids is 1. The van der Waals surface area contributed by atoms with Gasteiger partial charge in [0.2, 0.25) is 0 Å². The standard InChI is InChI=1S/C17H16ClNO2/c18-14-6-7-15-13(10-14)11-16(21-15)17(20)19-9-8-12-4-2-1-3-5-12/h1-7,10,16H,8-9,11H2,(H,19,20)/t16-/m1/s1. The molecule has 1 N–H and O–H groups in total. The van der Waals surface area contributed by atoms with E-state index in [0.29, 0.717) is 18.0 Å². The number of hydrogen-bond acceptors (Lipinski definition) is 2. The van der Waals surface area contributed by atoms with E-state index in [0.717, 1.165) is 17.7 Å². The first kappa shape index (κ1) is 14.0. The lowest BCUT2D eigenvalue weighted by atomic mass is 10.1. The molecule has 0 aromatic heterocycles. The van der Waals surface area contributed by atoms with Crippen LogP contribution in [0.3, 0.4) is 0 Å². The van der Waals surface area contributed by atoms with Gasteiger partial charge in [-0.25, -0.2) is 0 Å². The summed E-state index contributed by atoms with van der Waals surface area (Å²) in [7, 11) is 0. The van der Waals surface area contributed by atoms with Crippen LogP contribution >= 0.6 is 11.6 Å². The van der Waals surface area contributed by atoms with Crippen molar-refractivity contribution in [1.82, 2.24) is 5.32 Å². The zero-order valence-electron chi connectivity index (χ0n) is 11.5. The van der Waals surface area contributed by atoms with Crippen LogP contribution < -0.4 is 10.1 Å². The summed E-state index contributed by atoms with van der Waals surface area (Å²) in [4.78, 5) is 12.1. The summed E-state index contributed by atoms with van der Waals surface area (Å²) in [5.74, 6) is 0.681. The van der Waals surface area contributed by atoms with E-state index in [2.05, 4.69) is 17.4 Å². The average Bonchev–Trinajstić information content (AvgIpc) is 2.91. The molecule has 1 aliphatic rings. The van der Waals surface area contributed by atoms with Gasteiger partial charge in [-0.1, -0.05) is 41.9 Å². The molecule has 3 rings (SSSR count). The number of carbonyl (C=O) groups is 1. The second-order valence-electron chi connectivity index (χ2n) is 5.09. The molecule has 0 unspecified atom stereocenters. The topological polar surface area (TPSA) is 38.3 Å². The molecule has 2 aromatic rings. The Bertz CT molecular complexity index is 642. The van der Waals surface area contributed by atoms with Crippen LogP contribution in [0.4, 0.5) is 0 Å². The summed E-state index contributed by atoms with van der Waals surface area (Å²) in [5.41, 5.74) is 2.20. The monoisotopic (exact) mass is 301 g/mol. The fraction of sp³-hybridized carbons (Fsp3) is 0.235. The Hall–Kier alpha value is -2.00. The summed E-state index contributed by atoms with van der Waals surface area (Å²) in [6.45, 7) is 0.611. The highest BCUT2D eigenvalue weighted by Gasteiger charge is 2.28. The number of fused-ring (bicyclic) bond motifs is 1. The van der Waals surface area contributed by atoms with Crippen molar-refractivity contribution in [1.29, 1.82) is 0 Å². The van der Waals surface area contributed by atoms with Crippen LogP contribution in [-0.4, -0.2) is 18.6 Å². The van der Waals surface area contributed by atoms with Crippen LogP contribution in [0.2, 0.25) is 5.02 Å². The number of ether oxygens (including phenoxy) is 1. The van der Waals surface area contributed by atoms with Crippen LogP contribution in [-0.2, 0) is 17.6 Å².